The van der Waals surface area contributed by atoms with Crippen molar-refractivity contribution in [2.45, 2.75) is 24.3 Å². The predicted molar refractivity (Wildman–Crippen MR) is 162 cm³/mol. The van der Waals surface area contributed by atoms with Crippen LogP contribution in [0.5, 0.6) is 11.5 Å². The number of carbonyl (C=O) groups is 1. The van der Waals surface area contributed by atoms with Crippen molar-refractivity contribution in [3.05, 3.63) is 77.4 Å². The summed E-state index contributed by atoms with van der Waals surface area (Å²) in [6.45, 7) is 2.02. The number of halogens is 1. The van der Waals surface area contributed by atoms with Gasteiger partial charge < -0.3 is 26.8 Å². The van der Waals surface area contributed by atoms with Crippen molar-refractivity contribution in [3.8, 4) is 11.5 Å². The van der Waals surface area contributed by atoms with Crippen LogP contribution < -0.4 is 26.8 Å². The highest BCUT2D eigenvalue weighted by atomic mass is 35.5. The Morgan fingerprint density at radius 2 is 1.64 bits per heavy atom. The molecule has 1 aromatic heterocycles. The molecule has 0 atom stereocenters. The fourth-order valence-electron chi connectivity index (χ4n) is 4.94. The van der Waals surface area contributed by atoms with Crippen molar-refractivity contribution in [1.29, 1.82) is 0 Å². The molecule has 4 aromatic rings. The van der Waals surface area contributed by atoms with Crippen LogP contribution in [-0.2, 0) is 23.0 Å². The van der Waals surface area contributed by atoms with Crippen LogP contribution in [0.1, 0.15) is 27.9 Å². The molecule has 0 fully saturated rings. The first kappa shape index (κ1) is 31.7. The summed E-state index contributed by atoms with van der Waals surface area (Å²) in [5.74, 6) is 0.920. The maximum Gasteiger partial charge on any atom is 0.260 e. The summed E-state index contributed by atoms with van der Waals surface area (Å²) in [6, 6.07) is 17.8. The van der Waals surface area contributed by atoms with Crippen molar-refractivity contribution in [2.75, 3.05) is 52.8 Å². The molecule has 0 aliphatic carbocycles. The van der Waals surface area contributed by atoms with Gasteiger partial charge in [0.2, 0.25) is 10.0 Å². The van der Waals surface area contributed by atoms with Gasteiger partial charge in [-0.3, -0.25) is 9.69 Å². The third-order valence-corrected chi connectivity index (χ3v) is 10.1. The summed E-state index contributed by atoms with van der Waals surface area (Å²) >= 11 is 1.40. The van der Waals surface area contributed by atoms with E-state index in [1.54, 1.807) is 37.3 Å². The number of amides is 1. The Morgan fingerprint density at radius 1 is 0.976 bits per heavy atom. The molecule has 0 spiro atoms. The average molecular weight is 630 g/mol. The molecule has 0 unspecified atom stereocenters. The molecule has 12 heteroatoms. The molecular weight excluding hydrogens is 596 g/mol. The number of ether oxygens (including phenoxy) is 2. The third kappa shape index (κ3) is 6.55. The lowest BCUT2D eigenvalue weighted by atomic mass is 10.0. The van der Waals surface area contributed by atoms with Crippen LogP contribution >= 0.6 is 11.3 Å². The number of sulfonamides is 1. The van der Waals surface area contributed by atoms with Gasteiger partial charge >= 0.3 is 0 Å². The Bertz CT molecular complexity index is 1620. The second kappa shape index (κ2) is 13.4. The fourth-order valence-corrected chi connectivity index (χ4v) is 7.36. The van der Waals surface area contributed by atoms with Crippen LogP contribution in [0.3, 0.4) is 0 Å². The van der Waals surface area contributed by atoms with E-state index in [1.165, 1.54) is 33.3 Å². The summed E-state index contributed by atoms with van der Waals surface area (Å²) in [6.07, 6.45) is 1.41. The van der Waals surface area contributed by atoms with Gasteiger partial charge in [-0.25, -0.2) is 13.4 Å². The SMILES string of the molecule is COc1cc2nc(N(CCCN(C)C)C(=O)c3ccc(S(=O)(=O)N4CCc5ccccc5C4)cc3)sc2cc1OC.[Cl-]. The van der Waals surface area contributed by atoms with Gasteiger partial charge in [0.25, 0.3) is 5.91 Å². The maximum absolute atomic E-state index is 13.8. The van der Waals surface area contributed by atoms with E-state index in [1.807, 2.05) is 44.4 Å². The molecule has 0 N–H and O–H groups in total. The molecule has 0 saturated carbocycles. The predicted octanol–water partition coefficient (Wildman–Crippen LogP) is 1.66. The Morgan fingerprint density at radius 3 is 2.31 bits per heavy atom. The van der Waals surface area contributed by atoms with Crippen molar-refractivity contribution in [1.82, 2.24) is 14.2 Å². The lowest BCUT2D eigenvalue weighted by molar-refractivity contribution is -0.0000189. The minimum Gasteiger partial charge on any atom is -1.00 e. The zero-order valence-corrected chi connectivity index (χ0v) is 26.4. The van der Waals surface area contributed by atoms with Crippen molar-refractivity contribution < 1.29 is 35.1 Å². The van der Waals surface area contributed by atoms with Crippen LogP contribution in [0.4, 0.5) is 5.13 Å². The highest BCUT2D eigenvalue weighted by Gasteiger charge is 2.29. The maximum atomic E-state index is 13.8. The molecule has 3 aromatic carbocycles. The van der Waals surface area contributed by atoms with Crippen LogP contribution in [0.25, 0.3) is 10.2 Å². The number of methoxy groups -OCH3 is 2. The minimum atomic E-state index is -3.71. The molecule has 0 saturated heterocycles. The number of carbonyl (C=O) groups excluding carboxylic acids is 1. The molecule has 5 rings (SSSR count). The van der Waals surface area contributed by atoms with Gasteiger partial charge in [0, 0.05) is 37.3 Å². The number of rotatable bonds is 10. The van der Waals surface area contributed by atoms with Gasteiger partial charge in [-0.1, -0.05) is 35.6 Å². The van der Waals surface area contributed by atoms with E-state index in [0.29, 0.717) is 53.8 Å². The number of anilines is 1. The first-order valence-electron chi connectivity index (χ1n) is 13.4. The van der Waals surface area contributed by atoms with Crippen LogP contribution in [0.2, 0.25) is 0 Å². The molecule has 42 heavy (non-hydrogen) atoms. The lowest BCUT2D eigenvalue weighted by Crippen LogP contribution is -3.00. The van der Waals surface area contributed by atoms with E-state index in [0.717, 1.165) is 23.2 Å². The molecule has 1 aliphatic heterocycles. The van der Waals surface area contributed by atoms with Gasteiger partial charge in [-0.15, -0.1) is 0 Å². The molecular formula is C30H34ClN4O5S2-. The highest BCUT2D eigenvalue weighted by molar-refractivity contribution is 7.89. The Kier molecular flexibility index (Phi) is 10.1. The normalized spacial score (nSPS) is 13.5. The zero-order valence-electron chi connectivity index (χ0n) is 24.0. The van der Waals surface area contributed by atoms with E-state index in [2.05, 4.69) is 4.90 Å². The van der Waals surface area contributed by atoms with Crippen molar-refractivity contribution in [2.24, 2.45) is 0 Å². The minimum absolute atomic E-state index is 0. The number of fused-ring (bicyclic) bond motifs is 2. The topological polar surface area (TPSA) is 92.3 Å². The quantitative estimate of drug-likeness (QED) is 0.264. The summed E-state index contributed by atoms with van der Waals surface area (Å²) < 4.78 is 40.1. The number of aromatic nitrogens is 1. The number of nitrogens with zero attached hydrogens (tertiary/aromatic N) is 4. The molecule has 9 nitrogen and oxygen atoms in total. The highest BCUT2D eigenvalue weighted by Crippen LogP contribution is 2.37. The van der Waals surface area contributed by atoms with E-state index in [9.17, 15) is 13.2 Å². The molecule has 1 amide bonds. The second-order valence-electron chi connectivity index (χ2n) is 10.2. The standard InChI is InChI=1S/C30H34N4O5S2.ClH/c1-32(2)15-7-16-34(30-31-25-18-26(38-3)27(39-4)19-28(25)40-30)29(35)22-10-12-24(13-11-22)41(36,37)33-17-14-21-8-5-6-9-23(21)20-33;/h5-6,8-13,18-19H,7,14-17,20H2,1-4H3;1H/p-1. The fraction of sp³-hybridized carbons (Fsp3) is 0.333. The van der Waals surface area contributed by atoms with E-state index >= 15 is 0 Å². The first-order valence-corrected chi connectivity index (χ1v) is 15.6. The number of thiazole rings is 1. The van der Waals surface area contributed by atoms with Gasteiger partial charge in [0.1, 0.15) is 0 Å². The number of benzene rings is 3. The number of hydrogen-bond donors (Lipinski definition) is 0. The number of hydrogen-bond acceptors (Lipinski definition) is 8. The van der Waals surface area contributed by atoms with Gasteiger partial charge in [0.15, 0.2) is 16.6 Å². The van der Waals surface area contributed by atoms with E-state index in [-0.39, 0.29) is 23.2 Å². The first-order chi connectivity index (χ1) is 19.7. The monoisotopic (exact) mass is 629 g/mol. The zero-order chi connectivity index (χ0) is 29.1. The largest absolute Gasteiger partial charge is 1.00 e. The summed E-state index contributed by atoms with van der Waals surface area (Å²) in [7, 11) is 3.42. The Balaban J connectivity index is 0.00000405. The van der Waals surface area contributed by atoms with Crippen LogP contribution in [0, 0.1) is 0 Å². The van der Waals surface area contributed by atoms with Crippen molar-refractivity contribution in [3.63, 3.8) is 0 Å². The van der Waals surface area contributed by atoms with Gasteiger partial charge in [0.05, 0.1) is 29.3 Å². The second-order valence-corrected chi connectivity index (χ2v) is 13.1. The third-order valence-electron chi connectivity index (χ3n) is 7.18. The summed E-state index contributed by atoms with van der Waals surface area (Å²) in [4.78, 5) is 22.5. The molecule has 2 heterocycles. The summed E-state index contributed by atoms with van der Waals surface area (Å²) in [5, 5.41) is 0.558. The smallest absolute Gasteiger partial charge is 0.260 e. The van der Waals surface area contributed by atoms with Crippen LogP contribution in [-0.4, -0.2) is 76.5 Å². The Labute approximate surface area is 257 Å². The van der Waals surface area contributed by atoms with Gasteiger partial charge in [-0.05, 0) is 68.9 Å². The molecule has 0 bridgehead atoms. The average Bonchev–Trinajstić information content (AvgIpc) is 3.40. The van der Waals surface area contributed by atoms with Crippen molar-refractivity contribution >= 4 is 42.6 Å². The van der Waals surface area contributed by atoms with Gasteiger partial charge in [-0.2, -0.15) is 4.31 Å². The molecule has 224 valence electrons. The Hall–Kier alpha value is -3.22. The van der Waals surface area contributed by atoms with E-state index < -0.39 is 10.0 Å². The lowest BCUT2D eigenvalue weighted by Gasteiger charge is -2.28. The molecule has 1 aliphatic rings. The van der Waals surface area contributed by atoms with Crippen LogP contribution in [0.15, 0.2) is 65.6 Å². The van der Waals surface area contributed by atoms with E-state index in [4.69, 9.17) is 14.5 Å². The molecule has 0 radical (unpaired) electrons. The summed E-state index contributed by atoms with van der Waals surface area (Å²) in [5.41, 5.74) is 3.30.